The Morgan fingerprint density at radius 1 is 1.32 bits per heavy atom. The largest absolute Gasteiger partial charge is 0.424 e. The number of nitrogens with one attached hydrogen (secondary N) is 1. The van der Waals surface area contributed by atoms with Crippen LogP contribution in [0.4, 0.5) is 0 Å². The highest BCUT2D eigenvalue weighted by Gasteiger charge is 2.19. The molecule has 0 aliphatic carbocycles. The summed E-state index contributed by atoms with van der Waals surface area (Å²) in [7, 11) is 0. The van der Waals surface area contributed by atoms with E-state index in [1.54, 1.807) is 0 Å². The van der Waals surface area contributed by atoms with Gasteiger partial charge in [-0.05, 0) is 32.4 Å². The van der Waals surface area contributed by atoms with Crippen molar-refractivity contribution in [3.8, 4) is 0 Å². The zero-order valence-corrected chi connectivity index (χ0v) is 12.2. The molecule has 0 aromatic carbocycles. The summed E-state index contributed by atoms with van der Waals surface area (Å²) in [6.45, 7) is 8.41. The van der Waals surface area contributed by atoms with Crippen LogP contribution >= 0.6 is 0 Å². The third-order valence-corrected chi connectivity index (χ3v) is 3.64. The lowest BCUT2D eigenvalue weighted by molar-refractivity contribution is 0.214. The van der Waals surface area contributed by atoms with Crippen molar-refractivity contribution in [2.45, 2.75) is 58.5 Å². The van der Waals surface area contributed by atoms with Crippen LogP contribution < -0.4 is 5.32 Å². The van der Waals surface area contributed by atoms with E-state index >= 15 is 0 Å². The fourth-order valence-corrected chi connectivity index (χ4v) is 2.53. The van der Waals surface area contributed by atoms with Gasteiger partial charge in [0.25, 0.3) is 0 Å². The van der Waals surface area contributed by atoms with E-state index < -0.39 is 0 Å². The Hall–Kier alpha value is -0.940. The molecule has 2 heterocycles. The summed E-state index contributed by atoms with van der Waals surface area (Å²) in [5.74, 6) is 1.50. The number of hydrogen-bond acceptors (Lipinski definition) is 5. The molecule has 1 aromatic heterocycles. The zero-order chi connectivity index (χ0) is 13.5. The first-order valence-electron chi connectivity index (χ1n) is 7.58. The summed E-state index contributed by atoms with van der Waals surface area (Å²) in [6.07, 6.45) is 5.84. The Bertz CT molecular complexity index is 360. The zero-order valence-electron chi connectivity index (χ0n) is 12.2. The third kappa shape index (κ3) is 4.58. The minimum Gasteiger partial charge on any atom is -0.424 e. The van der Waals surface area contributed by atoms with Crippen molar-refractivity contribution in [3.05, 3.63) is 11.8 Å². The summed E-state index contributed by atoms with van der Waals surface area (Å²) < 4.78 is 5.62. The molecular formula is C14H26N4O. The van der Waals surface area contributed by atoms with Gasteiger partial charge in [0.1, 0.15) is 0 Å². The van der Waals surface area contributed by atoms with E-state index in [1.807, 2.05) is 6.92 Å². The van der Waals surface area contributed by atoms with Gasteiger partial charge in [-0.25, -0.2) is 0 Å². The molecular weight excluding hydrogens is 240 g/mol. The molecule has 0 spiro atoms. The maximum absolute atomic E-state index is 5.62. The number of hydrogen-bond donors (Lipinski definition) is 1. The fourth-order valence-electron chi connectivity index (χ4n) is 2.53. The predicted octanol–water partition coefficient (Wildman–Crippen LogP) is 1.99. The molecule has 1 aromatic rings. The SMILES string of the molecule is CCCCN(Cc1nnc(CC)o1)CC1CCCN1. The Balaban J connectivity index is 1.87. The first-order chi connectivity index (χ1) is 9.31. The Labute approximate surface area is 115 Å². The van der Waals surface area contributed by atoms with Crippen molar-refractivity contribution in [3.63, 3.8) is 0 Å². The number of aromatic nitrogens is 2. The molecule has 0 bridgehead atoms. The van der Waals surface area contributed by atoms with Crippen LogP contribution in [0.2, 0.25) is 0 Å². The Kier molecular flexibility index (Phi) is 5.79. The van der Waals surface area contributed by atoms with Gasteiger partial charge >= 0.3 is 0 Å². The van der Waals surface area contributed by atoms with Crippen molar-refractivity contribution >= 4 is 0 Å². The fraction of sp³-hybridized carbons (Fsp3) is 0.857. The van der Waals surface area contributed by atoms with Gasteiger partial charge in [0.2, 0.25) is 11.8 Å². The number of rotatable bonds is 8. The quantitative estimate of drug-likeness (QED) is 0.780. The van der Waals surface area contributed by atoms with E-state index in [9.17, 15) is 0 Å². The van der Waals surface area contributed by atoms with Crippen LogP contribution in [0, 0.1) is 0 Å². The second kappa shape index (κ2) is 7.60. The van der Waals surface area contributed by atoms with Crippen molar-refractivity contribution in [2.24, 2.45) is 0 Å². The molecule has 1 N–H and O–H groups in total. The van der Waals surface area contributed by atoms with Crippen LogP contribution in [0.1, 0.15) is 51.3 Å². The van der Waals surface area contributed by atoms with Crippen molar-refractivity contribution in [1.29, 1.82) is 0 Å². The average Bonchev–Trinajstić information content (AvgIpc) is 3.07. The summed E-state index contributed by atoms with van der Waals surface area (Å²) in [5, 5.41) is 11.7. The Morgan fingerprint density at radius 2 is 2.16 bits per heavy atom. The van der Waals surface area contributed by atoms with Crippen molar-refractivity contribution in [1.82, 2.24) is 20.4 Å². The molecule has 0 radical (unpaired) electrons. The van der Waals surface area contributed by atoms with E-state index in [-0.39, 0.29) is 0 Å². The van der Waals surface area contributed by atoms with E-state index in [0.29, 0.717) is 6.04 Å². The minimum atomic E-state index is 0.630. The van der Waals surface area contributed by atoms with E-state index in [2.05, 4.69) is 27.3 Å². The molecule has 2 rings (SSSR count). The molecule has 0 saturated carbocycles. The average molecular weight is 266 g/mol. The maximum atomic E-state index is 5.62. The molecule has 1 atom stereocenters. The van der Waals surface area contributed by atoms with Crippen molar-refractivity contribution < 1.29 is 4.42 Å². The van der Waals surface area contributed by atoms with Gasteiger partial charge in [-0.3, -0.25) is 4.90 Å². The molecule has 1 aliphatic rings. The summed E-state index contributed by atoms with van der Waals surface area (Å²) >= 11 is 0. The third-order valence-electron chi connectivity index (χ3n) is 3.64. The first kappa shape index (κ1) is 14.5. The normalized spacial score (nSPS) is 19.4. The molecule has 1 fully saturated rings. The summed E-state index contributed by atoms with van der Waals surface area (Å²) in [5.41, 5.74) is 0. The van der Waals surface area contributed by atoms with Gasteiger partial charge in [-0.2, -0.15) is 0 Å². The second-order valence-corrected chi connectivity index (χ2v) is 5.33. The van der Waals surface area contributed by atoms with Gasteiger partial charge in [0.05, 0.1) is 6.54 Å². The second-order valence-electron chi connectivity index (χ2n) is 5.33. The molecule has 1 unspecified atom stereocenters. The van der Waals surface area contributed by atoms with Crippen LogP contribution in [-0.2, 0) is 13.0 Å². The highest BCUT2D eigenvalue weighted by molar-refractivity contribution is 4.84. The topological polar surface area (TPSA) is 54.2 Å². The summed E-state index contributed by atoms with van der Waals surface area (Å²) in [6, 6.07) is 0.630. The molecule has 5 nitrogen and oxygen atoms in total. The molecule has 108 valence electrons. The molecule has 0 amide bonds. The van der Waals surface area contributed by atoms with E-state index in [1.165, 1.54) is 25.7 Å². The first-order valence-corrected chi connectivity index (χ1v) is 7.58. The predicted molar refractivity (Wildman–Crippen MR) is 74.9 cm³/mol. The number of unbranched alkanes of at least 4 members (excludes halogenated alkanes) is 1. The smallest absolute Gasteiger partial charge is 0.230 e. The monoisotopic (exact) mass is 266 g/mol. The van der Waals surface area contributed by atoms with Gasteiger partial charge in [-0.15, -0.1) is 10.2 Å². The lowest BCUT2D eigenvalue weighted by Gasteiger charge is -2.24. The van der Waals surface area contributed by atoms with E-state index in [4.69, 9.17) is 4.42 Å². The molecule has 19 heavy (non-hydrogen) atoms. The number of aryl methyl sites for hydroxylation is 1. The highest BCUT2D eigenvalue weighted by atomic mass is 16.4. The van der Waals surface area contributed by atoms with Gasteiger partial charge < -0.3 is 9.73 Å². The van der Waals surface area contributed by atoms with Gasteiger partial charge in [-0.1, -0.05) is 20.3 Å². The van der Waals surface area contributed by atoms with Gasteiger partial charge in [0.15, 0.2) is 0 Å². The highest BCUT2D eigenvalue weighted by Crippen LogP contribution is 2.11. The van der Waals surface area contributed by atoms with Gasteiger partial charge in [0, 0.05) is 19.0 Å². The lowest BCUT2D eigenvalue weighted by Crippen LogP contribution is -2.37. The Morgan fingerprint density at radius 3 is 2.79 bits per heavy atom. The summed E-state index contributed by atoms with van der Waals surface area (Å²) in [4.78, 5) is 2.44. The van der Waals surface area contributed by atoms with Crippen LogP contribution in [-0.4, -0.2) is 40.8 Å². The van der Waals surface area contributed by atoms with Crippen molar-refractivity contribution in [2.75, 3.05) is 19.6 Å². The van der Waals surface area contributed by atoms with Crippen LogP contribution in [0.15, 0.2) is 4.42 Å². The standard InChI is InChI=1S/C14H26N4O/c1-3-5-9-18(10-12-7-6-8-15-12)11-14-17-16-13(4-2)19-14/h12,15H,3-11H2,1-2H3. The van der Waals surface area contributed by atoms with Crippen LogP contribution in [0.3, 0.4) is 0 Å². The maximum Gasteiger partial charge on any atom is 0.230 e. The molecule has 1 saturated heterocycles. The lowest BCUT2D eigenvalue weighted by atomic mass is 10.2. The van der Waals surface area contributed by atoms with Crippen LogP contribution in [0.25, 0.3) is 0 Å². The number of nitrogens with zero attached hydrogens (tertiary/aromatic N) is 3. The minimum absolute atomic E-state index is 0.630. The van der Waals surface area contributed by atoms with Crippen LogP contribution in [0.5, 0.6) is 0 Å². The molecule has 5 heteroatoms. The molecule has 1 aliphatic heterocycles. The van der Waals surface area contributed by atoms with E-state index in [0.717, 1.165) is 44.4 Å².